The monoisotopic (exact) mass is 562 g/mol. The summed E-state index contributed by atoms with van der Waals surface area (Å²) in [6.45, 7) is 7.57. The smallest absolute Gasteiger partial charge is 0.240 e. The van der Waals surface area contributed by atoms with E-state index in [9.17, 15) is 8.42 Å². The number of hydrogen-bond acceptors (Lipinski definition) is 4. The lowest BCUT2D eigenvalue weighted by Crippen LogP contribution is -2.43. The summed E-state index contributed by atoms with van der Waals surface area (Å²) < 4.78 is 27.2. The fourth-order valence-corrected chi connectivity index (χ4v) is 5.26. The van der Waals surface area contributed by atoms with Gasteiger partial charge in [-0.1, -0.05) is 12.1 Å². The molecule has 6 nitrogen and oxygen atoms in total. The van der Waals surface area contributed by atoms with E-state index >= 15 is 0 Å². The number of aryl methyl sites for hydroxylation is 1. The molecule has 0 bridgehead atoms. The van der Waals surface area contributed by atoms with E-state index in [2.05, 4.69) is 46.3 Å². The van der Waals surface area contributed by atoms with Gasteiger partial charge in [-0.15, -0.1) is 35.3 Å². The van der Waals surface area contributed by atoms with Crippen LogP contribution in [0.4, 0.5) is 0 Å². The van der Waals surface area contributed by atoms with Gasteiger partial charge in [0.2, 0.25) is 10.0 Å². The number of benzene rings is 1. The maximum Gasteiger partial charge on any atom is 0.240 e. The van der Waals surface area contributed by atoms with Crippen LogP contribution in [-0.2, 0) is 23.0 Å². The Morgan fingerprint density at radius 3 is 2.47 bits per heavy atom. The predicted molar refractivity (Wildman–Crippen MR) is 135 cm³/mol. The lowest BCUT2D eigenvalue weighted by Gasteiger charge is -2.17. The first kappa shape index (κ1) is 25.1. The number of guanidine groups is 1. The van der Waals surface area contributed by atoms with Crippen LogP contribution in [0, 0.1) is 6.92 Å². The van der Waals surface area contributed by atoms with Gasteiger partial charge < -0.3 is 10.6 Å². The Morgan fingerprint density at radius 2 is 1.90 bits per heavy atom. The van der Waals surface area contributed by atoms with Crippen LogP contribution in [0.2, 0.25) is 0 Å². The van der Waals surface area contributed by atoms with Crippen LogP contribution >= 0.6 is 35.3 Å². The highest BCUT2D eigenvalue weighted by Gasteiger charge is 2.27. The van der Waals surface area contributed by atoms with Gasteiger partial charge in [0, 0.05) is 34.8 Å². The van der Waals surface area contributed by atoms with Crippen LogP contribution in [0.5, 0.6) is 0 Å². The summed E-state index contributed by atoms with van der Waals surface area (Å²) in [6, 6.07) is 11.6. The van der Waals surface area contributed by atoms with E-state index in [0.29, 0.717) is 11.4 Å². The first-order valence-corrected chi connectivity index (χ1v) is 12.4. The molecule has 1 aromatic carbocycles. The summed E-state index contributed by atoms with van der Waals surface area (Å²) in [7, 11) is -3.41. The highest BCUT2D eigenvalue weighted by Crippen LogP contribution is 2.22. The molecule has 9 heteroatoms. The molecule has 0 aliphatic heterocycles. The zero-order valence-electron chi connectivity index (χ0n) is 17.6. The SMILES string of the molecule is CCNC(=NCc1ccc(S(=O)(=O)NC2CC2)cc1)NC(C)Cc1ccc(C)s1.I. The Hall–Kier alpha value is -1.17. The molecule has 1 aromatic heterocycles. The molecule has 0 amide bonds. The van der Waals surface area contributed by atoms with Crippen LogP contribution in [0.1, 0.15) is 42.0 Å². The van der Waals surface area contributed by atoms with Gasteiger partial charge in [-0.05, 0) is 63.4 Å². The van der Waals surface area contributed by atoms with Gasteiger partial charge in [-0.2, -0.15) is 0 Å². The highest BCUT2D eigenvalue weighted by molar-refractivity contribution is 14.0. The van der Waals surface area contributed by atoms with Gasteiger partial charge in [-0.3, -0.25) is 0 Å². The molecule has 0 spiro atoms. The van der Waals surface area contributed by atoms with E-state index in [1.54, 1.807) is 12.1 Å². The van der Waals surface area contributed by atoms with Crippen molar-refractivity contribution in [2.24, 2.45) is 4.99 Å². The standard InChI is InChI=1S/C21H30N4O2S2.HI/c1-4-22-21(24-15(2)13-19-10-5-16(3)28-19)23-14-17-6-11-20(12-7-17)29(26,27)25-18-8-9-18;/h5-7,10-12,15,18,25H,4,8-9,13-14H2,1-3H3,(H2,22,23,24);1H. The van der Waals surface area contributed by atoms with Crippen LogP contribution < -0.4 is 15.4 Å². The van der Waals surface area contributed by atoms with Crippen molar-refractivity contribution in [3.63, 3.8) is 0 Å². The maximum absolute atomic E-state index is 12.3. The van der Waals surface area contributed by atoms with Crippen molar-refractivity contribution in [1.82, 2.24) is 15.4 Å². The Bertz CT molecular complexity index is 938. The molecule has 3 N–H and O–H groups in total. The van der Waals surface area contributed by atoms with Gasteiger partial charge in [0.05, 0.1) is 11.4 Å². The Kier molecular flexibility index (Phi) is 9.58. The van der Waals surface area contributed by atoms with Gasteiger partial charge in [-0.25, -0.2) is 18.1 Å². The summed E-state index contributed by atoms with van der Waals surface area (Å²) in [4.78, 5) is 7.64. The van der Waals surface area contributed by atoms with Crippen molar-refractivity contribution < 1.29 is 8.42 Å². The lowest BCUT2D eigenvalue weighted by atomic mass is 10.2. The number of thiophene rings is 1. The quantitative estimate of drug-likeness (QED) is 0.247. The molecule has 3 rings (SSSR count). The number of sulfonamides is 1. The van der Waals surface area contributed by atoms with E-state index in [1.165, 1.54) is 9.75 Å². The molecule has 30 heavy (non-hydrogen) atoms. The molecule has 0 saturated heterocycles. The zero-order chi connectivity index (χ0) is 20.9. The third kappa shape index (κ3) is 7.82. The van der Waals surface area contributed by atoms with Crippen molar-refractivity contribution in [1.29, 1.82) is 0 Å². The Morgan fingerprint density at radius 1 is 1.20 bits per heavy atom. The van der Waals surface area contributed by atoms with Crippen LogP contribution in [0.25, 0.3) is 0 Å². The van der Waals surface area contributed by atoms with Gasteiger partial charge in [0.15, 0.2) is 5.96 Å². The van der Waals surface area contributed by atoms with Crippen LogP contribution in [-0.4, -0.2) is 33.0 Å². The largest absolute Gasteiger partial charge is 0.357 e. The number of nitrogens with one attached hydrogen (secondary N) is 3. The van der Waals surface area contributed by atoms with Crippen molar-refractivity contribution in [3.8, 4) is 0 Å². The average Bonchev–Trinajstić information content (AvgIpc) is 3.38. The second-order valence-corrected chi connectivity index (χ2v) is 10.6. The summed E-state index contributed by atoms with van der Waals surface area (Å²) in [5.74, 6) is 0.764. The van der Waals surface area contributed by atoms with Gasteiger partial charge >= 0.3 is 0 Å². The molecule has 1 fully saturated rings. The topological polar surface area (TPSA) is 82.6 Å². The minimum Gasteiger partial charge on any atom is -0.357 e. The first-order chi connectivity index (χ1) is 13.9. The fourth-order valence-electron chi connectivity index (χ4n) is 2.93. The molecule has 1 atom stereocenters. The van der Waals surface area contributed by atoms with E-state index < -0.39 is 10.0 Å². The fraction of sp³-hybridized carbons (Fsp3) is 0.476. The molecular formula is C21H31IN4O2S2. The molecule has 1 aliphatic carbocycles. The number of nitrogens with zero attached hydrogens (tertiary/aromatic N) is 1. The Labute approximate surface area is 201 Å². The number of hydrogen-bond donors (Lipinski definition) is 3. The molecule has 2 aromatic rings. The molecular weight excluding hydrogens is 531 g/mol. The van der Waals surface area contributed by atoms with Crippen LogP contribution in [0.3, 0.4) is 0 Å². The third-order valence-electron chi connectivity index (χ3n) is 4.58. The van der Waals surface area contributed by atoms with Crippen LogP contribution in [0.15, 0.2) is 46.3 Å². The van der Waals surface area contributed by atoms with E-state index in [1.807, 2.05) is 30.4 Å². The minimum absolute atomic E-state index is 0. The zero-order valence-corrected chi connectivity index (χ0v) is 21.6. The summed E-state index contributed by atoms with van der Waals surface area (Å²) in [5.41, 5.74) is 0.967. The average molecular weight is 563 g/mol. The summed E-state index contributed by atoms with van der Waals surface area (Å²) >= 11 is 1.82. The predicted octanol–water partition coefficient (Wildman–Crippen LogP) is 3.80. The van der Waals surface area contributed by atoms with E-state index in [-0.39, 0.29) is 36.1 Å². The second kappa shape index (κ2) is 11.4. The van der Waals surface area contributed by atoms with Gasteiger partial charge in [0.1, 0.15) is 0 Å². The van der Waals surface area contributed by atoms with Crippen molar-refractivity contribution in [3.05, 3.63) is 51.7 Å². The second-order valence-electron chi connectivity index (χ2n) is 7.50. The third-order valence-corrected chi connectivity index (χ3v) is 7.14. The van der Waals surface area contributed by atoms with Crippen molar-refractivity contribution in [2.75, 3.05) is 6.54 Å². The van der Waals surface area contributed by atoms with E-state index in [4.69, 9.17) is 0 Å². The van der Waals surface area contributed by atoms with E-state index in [0.717, 1.165) is 37.3 Å². The number of rotatable bonds is 9. The van der Waals surface area contributed by atoms with Crippen molar-refractivity contribution in [2.45, 2.75) is 63.6 Å². The minimum atomic E-state index is -3.41. The van der Waals surface area contributed by atoms with Gasteiger partial charge in [0.25, 0.3) is 0 Å². The molecule has 1 aliphatic rings. The highest BCUT2D eigenvalue weighted by atomic mass is 127. The Balaban J connectivity index is 0.00000320. The first-order valence-electron chi connectivity index (χ1n) is 10.1. The number of halogens is 1. The molecule has 1 heterocycles. The van der Waals surface area contributed by atoms with Crippen molar-refractivity contribution >= 4 is 51.3 Å². The molecule has 1 saturated carbocycles. The molecule has 0 radical (unpaired) electrons. The maximum atomic E-state index is 12.3. The lowest BCUT2D eigenvalue weighted by molar-refractivity contribution is 0.581. The molecule has 166 valence electrons. The number of aliphatic imine (C=N–C) groups is 1. The normalized spacial score (nSPS) is 15.4. The summed E-state index contributed by atoms with van der Waals surface area (Å²) in [5, 5.41) is 6.73. The summed E-state index contributed by atoms with van der Waals surface area (Å²) in [6.07, 6.45) is 2.80. The molecule has 1 unspecified atom stereocenters.